The van der Waals surface area contributed by atoms with Gasteiger partial charge in [0.05, 0.1) is 10.2 Å². The summed E-state index contributed by atoms with van der Waals surface area (Å²) in [6, 6.07) is 7.98. The summed E-state index contributed by atoms with van der Waals surface area (Å²) in [5.41, 5.74) is 2.17. The van der Waals surface area contributed by atoms with Gasteiger partial charge >= 0.3 is 0 Å². The first-order valence-corrected chi connectivity index (χ1v) is 5.80. The van der Waals surface area contributed by atoms with Gasteiger partial charge in [0, 0.05) is 18.2 Å². The first kappa shape index (κ1) is 10.1. The van der Waals surface area contributed by atoms with Gasteiger partial charge in [0.1, 0.15) is 0 Å². The average molecular weight is 229 g/mol. The smallest absolute Gasteiger partial charge is 0.0905 e. The van der Waals surface area contributed by atoms with E-state index in [1.807, 2.05) is 24.3 Å². The van der Waals surface area contributed by atoms with E-state index < -0.39 is 0 Å². The van der Waals surface area contributed by atoms with Crippen LogP contribution >= 0.6 is 24.4 Å². The molecule has 62 valence electrons. The van der Waals surface area contributed by atoms with Gasteiger partial charge in [0.2, 0.25) is 4.20 Å². The highest BCUT2D eigenvalue weighted by atomic mass is 32.1. The molecule has 1 rings (SSSR count). The van der Waals surface area contributed by atoms with Crippen LogP contribution < -0.4 is 0 Å². The highest BCUT2D eigenvalue weighted by Crippen LogP contribution is 2.05. The lowest BCUT2D eigenvalue weighted by molar-refractivity contribution is 1.66. The second-order valence-electron chi connectivity index (χ2n) is 2.46. The van der Waals surface area contributed by atoms with Crippen molar-refractivity contribution < 1.29 is 0 Å². The molecule has 0 unspecified atom stereocenters. The molecule has 0 heterocycles. The molecule has 0 aliphatic carbocycles. The standard InChI is InChI=1S/C8H8S3Si/c9-7(10)5-1-3-6(4-2-5)8(11)12/h1-4H,12H3,(H,9,10)/p+1. The van der Waals surface area contributed by atoms with E-state index in [4.69, 9.17) is 24.4 Å². The molecular weight excluding hydrogens is 220 g/mol. The lowest BCUT2D eigenvalue weighted by atomic mass is 10.2. The summed E-state index contributed by atoms with van der Waals surface area (Å²) >= 11 is 13.3. The Morgan fingerprint density at radius 2 is 1.50 bits per heavy atom. The molecule has 0 fully saturated rings. The van der Waals surface area contributed by atoms with Gasteiger partial charge in [-0.25, -0.2) is 0 Å². The molecule has 4 heteroatoms. The third kappa shape index (κ3) is 2.48. The zero-order chi connectivity index (χ0) is 9.14. The molecule has 0 bridgehead atoms. The highest BCUT2D eigenvalue weighted by molar-refractivity contribution is 8.01. The molecule has 1 aromatic carbocycles. The molecular formula is C8H9S3Si+. The molecule has 0 N–H and O–H groups in total. The summed E-state index contributed by atoms with van der Waals surface area (Å²) in [5.74, 6) is 0. The number of rotatable bonds is 2. The maximum Gasteiger partial charge on any atom is 0.221 e. The van der Waals surface area contributed by atoms with E-state index in [-0.39, 0.29) is 0 Å². The van der Waals surface area contributed by atoms with Crippen molar-refractivity contribution in [3.8, 4) is 0 Å². The first-order chi connectivity index (χ1) is 5.61. The fraction of sp³-hybridized carbons (Fsp3) is 0. The summed E-state index contributed by atoms with van der Waals surface area (Å²) in [7, 11) is 0.937. The second kappa shape index (κ2) is 4.27. The topological polar surface area (TPSA) is 0 Å². The highest BCUT2D eigenvalue weighted by Gasteiger charge is 2.01. The Kier molecular flexibility index (Phi) is 3.58. The maximum absolute atomic E-state index is 5.09. The van der Waals surface area contributed by atoms with Crippen LogP contribution in [0.2, 0.25) is 0 Å². The van der Waals surface area contributed by atoms with E-state index in [0.717, 1.165) is 30.1 Å². The Morgan fingerprint density at radius 3 is 1.83 bits per heavy atom. The van der Waals surface area contributed by atoms with Crippen molar-refractivity contribution in [1.29, 1.82) is 0 Å². The van der Waals surface area contributed by atoms with Crippen LogP contribution in [0, 0.1) is 0 Å². The molecule has 0 atom stereocenters. The van der Waals surface area contributed by atoms with E-state index in [1.54, 1.807) is 0 Å². The number of benzene rings is 1. The third-order valence-corrected chi connectivity index (χ3v) is 2.89. The molecule has 0 radical (unpaired) electrons. The van der Waals surface area contributed by atoms with Crippen molar-refractivity contribution in [2.75, 3.05) is 0 Å². The van der Waals surface area contributed by atoms with Crippen LogP contribution in [-0.2, 0) is 12.6 Å². The Hall–Kier alpha value is -0.0331. The van der Waals surface area contributed by atoms with Crippen LogP contribution in [0.15, 0.2) is 24.3 Å². The van der Waals surface area contributed by atoms with Gasteiger partial charge in [-0.05, 0) is 34.4 Å². The lowest BCUT2D eigenvalue weighted by Crippen LogP contribution is -1.97. The predicted octanol–water partition coefficient (Wildman–Crippen LogP) is 0.414. The van der Waals surface area contributed by atoms with Gasteiger partial charge in [-0.15, -0.1) is 0 Å². The van der Waals surface area contributed by atoms with Gasteiger partial charge in [-0.3, -0.25) is 0 Å². The first-order valence-electron chi connectivity index (χ1n) is 3.48. The monoisotopic (exact) mass is 229 g/mol. The van der Waals surface area contributed by atoms with Crippen molar-refractivity contribution in [2.24, 2.45) is 0 Å². The third-order valence-electron chi connectivity index (χ3n) is 1.55. The number of hydrogen-bond acceptors (Lipinski definition) is 2. The van der Waals surface area contributed by atoms with Crippen LogP contribution in [0.25, 0.3) is 0 Å². The van der Waals surface area contributed by atoms with Crippen LogP contribution in [0.4, 0.5) is 0 Å². The minimum absolute atomic E-state index is 0.737. The summed E-state index contributed by atoms with van der Waals surface area (Å²) in [6.07, 6.45) is 0. The van der Waals surface area contributed by atoms with Gasteiger partial charge in [0.15, 0.2) is 0 Å². The summed E-state index contributed by atoms with van der Waals surface area (Å²) in [5, 5.41) is 0. The van der Waals surface area contributed by atoms with E-state index in [1.165, 1.54) is 0 Å². The molecule has 12 heavy (non-hydrogen) atoms. The van der Waals surface area contributed by atoms with Gasteiger partial charge < -0.3 is 0 Å². The zero-order valence-electron chi connectivity index (χ0n) is 6.63. The molecule has 1 aromatic rings. The fourth-order valence-corrected chi connectivity index (χ4v) is 1.63. The molecule has 0 amide bonds. The van der Waals surface area contributed by atoms with E-state index in [9.17, 15) is 0 Å². The molecule has 0 aliphatic rings. The molecule has 0 aromatic heterocycles. The van der Waals surface area contributed by atoms with Crippen LogP contribution in [0.1, 0.15) is 11.1 Å². The summed E-state index contributed by atoms with van der Waals surface area (Å²) in [4.78, 5) is 0. The Balaban J connectivity index is 3.01. The lowest BCUT2D eigenvalue weighted by Gasteiger charge is -1.97. The van der Waals surface area contributed by atoms with Crippen LogP contribution in [-0.4, -0.2) is 18.9 Å². The molecule has 0 saturated carbocycles. The fourth-order valence-electron chi connectivity index (χ4n) is 0.856. The largest absolute Gasteiger partial charge is 0.221 e. The Bertz CT molecular complexity index is 283. The maximum atomic E-state index is 5.09. The average Bonchev–Trinajstić information content (AvgIpc) is 2.04. The van der Waals surface area contributed by atoms with Crippen LogP contribution in [0.3, 0.4) is 0 Å². The van der Waals surface area contributed by atoms with E-state index in [2.05, 4.69) is 12.6 Å². The molecule has 0 saturated heterocycles. The van der Waals surface area contributed by atoms with E-state index in [0.29, 0.717) is 0 Å². The predicted molar refractivity (Wildman–Crippen MR) is 69.9 cm³/mol. The van der Waals surface area contributed by atoms with Crippen molar-refractivity contribution in [1.82, 2.24) is 0 Å². The zero-order valence-corrected chi connectivity index (χ0v) is 11.3. The molecule has 0 aliphatic heterocycles. The van der Waals surface area contributed by atoms with Crippen molar-refractivity contribution in [3.63, 3.8) is 0 Å². The summed E-state index contributed by atoms with van der Waals surface area (Å²) < 4.78 is 1.78. The summed E-state index contributed by atoms with van der Waals surface area (Å²) in [6.45, 7) is 0. The van der Waals surface area contributed by atoms with E-state index >= 15 is 0 Å². The number of thiocarbonyl (C=S) groups is 2. The normalized spacial score (nSPS) is 9.75. The van der Waals surface area contributed by atoms with Crippen molar-refractivity contribution >= 4 is 56.0 Å². The van der Waals surface area contributed by atoms with Gasteiger partial charge in [-0.1, -0.05) is 24.4 Å². The van der Waals surface area contributed by atoms with Crippen molar-refractivity contribution in [3.05, 3.63) is 35.4 Å². The SMILES string of the molecule is [SiH3]C(=S)c1ccc(C(=S)[SH2+])cc1. The van der Waals surface area contributed by atoms with Gasteiger partial charge in [-0.2, -0.15) is 0 Å². The minimum Gasteiger partial charge on any atom is -0.0905 e. The molecule has 0 spiro atoms. The number of hydrogen-bond donors (Lipinski definition) is 0. The minimum atomic E-state index is 0.737. The second-order valence-corrected chi connectivity index (χ2v) is 6.07. The quantitative estimate of drug-likeness (QED) is 0.409. The van der Waals surface area contributed by atoms with Crippen molar-refractivity contribution in [2.45, 2.75) is 0 Å². The van der Waals surface area contributed by atoms with Crippen LogP contribution in [0.5, 0.6) is 0 Å². The Labute approximate surface area is 91.2 Å². The molecule has 0 nitrogen and oxygen atoms in total. The van der Waals surface area contributed by atoms with Gasteiger partial charge in [0.25, 0.3) is 0 Å². The Morgan fingerprint density at radius 1 is 1.08 bits per heavy atom.